The molecule has 108 valence electrons. The van der Waals surface area contributed by atoms with Gasteiger partial charge in [-0.3, -0.25) is 4.79 Å². The topological polar surface area (TPSA) is 17.1 Å². The number of hydrogen-bond donors (Lipinski definition) is 0. The fraction of sp³-hybridized carbons (Fsp3) is 0.0625. The lowest BCUT2D eigenvalue weighted by atomic mass is 10.1. The summed E-state index contributed by atoms with van der Waals surface area (Å²) in [5.74, 6) is -0.513. The first-order valence-corrected chi connectivity index (χ1v) is 6.40. The summed E-state index contributed by atoms with van der Waals surface area (Å²) in [6.45, 7) is 0. The summed E-state index contributed by atoms with van der Waals surface area (Å²) in [6.07, 6.45) is -1.81. The van der Waals surface area contributed by atoms with Crippen LogP contribution in [0.1, 0.15) is 21.5 Å². The minimum Gasteiger partial charge on any atom is -0.289 e. The second-order valence-corrected chi connectivity index (χ2v) is 4.71. The van der Waals surface area contributed by atoms with Crippen LogP contribution in [0.15, 0.2) is 54.6 Å². The Bertz CT molecular complexity index is 676. The van der Waals surface area contributed by atoms with Crippen LogP contribution in [0, 0.1) is 0 Å². The number of hydrogen-bond acceptors (Lipinski definition) is 1. The van der Waals surface area contributed by atoms with Crippen molar-refractivity contribution in [2.24, 2.45) is 0 Å². The number of rotatable bonds is 3. The molecule has 2 aromatic carbocycles. The normalized spacial score (nSPS) is 11.8. The highest BCUT2D eigenvalue weighted by molar-refractivity contribution is 6.31. The van der Waals surface area contributed by atoms with Gasteiger partial charge in [-0.25, -0.2) is 0 Å². The molecule has 0 aliphatic carbocycles. The van der Waals surface area contributed by atoms with Crippen LogP contribution in [0.4, 0.5) is 13.2 Å². The van der Waals surface area contributed by atoms with Gasteiger partial charge >= 0.3 is 6.18 Å². The van der Waals surface area contributed by atoms with Crippen LogP contribution >= 0.6 is 11.6 Å². The van der Waals surface area contributed by atoms with E-state index in [2.05, 4.69) is 0 Å². The molecule has 0 radical (unpaired) electrons. The first kappa shape index (κ1) is 15.3. The van der Waals surface area contributed by atoms with Crippen LogP contribution in [-0.4, -0.2) is 5.78 Å². The average Bonchev–Trinajstić information content (AvgIpc) is 2.45. The maximum absolute atomic E-state index is 12.7. The smallest absolute Gasteiger partial charge is 0.289 e. The van der Waals surface area contributed by atoms with Crippen LogP contribution in [0.25, 0.3) is 6.08 Å². The maximum atomic E-state index is 12.7. The minimum absolute atomic E-state index is 0.0566. The van der Waals surface area contributed by atoms with Crippen molar-refractivity contribution in [1.82, 2.24) is 0 Å². The summed E-state index contributed by atoms with van der Waals surface area (Å²) in [4.78, 5) is 11.9. The van der Waals surface area contributed by atoms with Gasteiger partial charge < -0.3 is 0 Å². The largest absolute Gasteiger partial charge is 0.417 e. The number of allylic oxidation sites excluding steroid dienone is 1. The third kappa shape index (κ3) is 3.95. The molecule has 0 aromatic heterocycles. The third-order valence-corrected chi connectivity index (χ3v) is 3.11. The predicted molar refractivity (Wildman–Crippen MR) is 76.3 cm³/mol. The molecule has 0 fully saturated rings. The molecule has 1 nitrogen and oxygen atoms in total. The van der Waals surface area contributed by atoms with Gasteiger partial charge in [-0.05, 0) is 29.8 Å². The highest BCUT2D eigenvalue weighted by Crippen LogP contribution is 2.35. The molecular formula is C16H10ClF3O. The van der Waals surface area contributed by atoms with Crippen molar-refractivity contribution in [3.63, 3.8) is 0 Å². The summed E-state index contributed by atoms with van der Waals surface area (Å²) in [5, 5.41) is -0.425. The van der Waals surface area contributed by atoms with Crippen LogP contribution < -0.4 is 0 Å². The number of carbonyl (C=O) groups excluding carboxylic acids is 1. The first-order valence-electron chi connectivity index (χ1n) is 6.02. The lowest BCUT2D eigenvalue weighted by Crippen LogP contribution is -2.07. The lowest BCUT2D eigenvalue weighted by molar-refractivity contribution is -0.137. The fourth-order valence-corrected chi connectivity index (χ4v) is 1.95. The molecule has 0 bridgehead atoms. The minimum atomic E-state index is -4.59. The summed E-state index contributed by atoms with van der Waals surface area (Å²) >= 11 is 5.51. The molecule has 0 amide bonds. The van der Waals surface area contributed by atoms with Crippen LogP contribution in [0.3, 0.4) is 0 Å². The Morgan fingerprint density at radius 3 is 2.33 bits per heavy atom. The zero-order chi connectivity index (χ0) is 15.5. The van der Waals surface area contributed by atoms with E-state index in [9.17, 15) is 18.0 Å². The number of alkyl halides is 3. The van der Waals surface area contributed by atoms with Crippen molar-refractivity contribution in [2.75, 3.05) is 0 Å². The Morgan fingerprint density at radius 2 is 1.71 bits per heavy atom. The molecule has 0 unspecified atom stereocenters. The van der Waals surface area contributed by atoms with Gasteiger partial charge in [0.1, 0.15) is 0 Å². The summed E-state index contributed by atoms with van der Waals surface area (Å²) in [7, 11) is 0. The summed E-state index contributed by atoms with van der Waals surface area (Å²) in [6, 6.07) is 12.1. The molecule has 2 aromatic rings. The van der Waals surface area contributed by atoms with Crippen molar-refractivity contribution >= 4 is 23.5 Å². The maximum Gasteiger partial charge on any atom is 0.417 e. The Labute approximate surface area is 124 Å². The Morgan fingerprint density at radius 1 is 1.05 bits per heavy atom. The van der Waals surface area contributed by atoms with Gasteiger partial charge in [-0.15, -0.1) is 0 Å². The van der Waals surface area contributed by atoms with Gasteiger partial charge in [0.2, 0.25) is 0 Å². The number of halogens is 4. The van der Waals surface area contributed by atoms with Crippen molar-refractivity contribution in [1.29, 1.82) is 0 Å². The average molecular weight is 311 g/mol. The van der Waals surface area contributed by atoms with Crippen LogP contribution in [0.2, 0.25) is 5.02 Å². The van der Waals surface area contributed by atoms with E-state index in [0.717, 1.165) is 17.7 Å². The van der Waals surface area contributed by atoms with Gasteiger partial charge in [0.05, 0.1) is 10.6 Å². The molecule has 2 rings (SSSR count). The van der Waals surface area contributed by atoms with Gasteiger partial charge in [-0.2, -0.15) is 13.2 Å². The number of benzene rings is 2. The zero-order valence-electron chi connectivity index (χ0n) is 10.7. The quantitative estimate of drug-likeness (QED) is 0.558. The van der Waals surface area contributed by atoms with Crippen LogP contribution in [0.5, 0.6) is 0 Å². The van der Waals surface area contributed by atoms with Crippen molar-refractivity contribution in [2.45, 2.75) is 6.18 Å². The standard InChI is InChI=1S/C16H10ClF3O/c17-14-8-7-12(10-13(14)16(18,19)20)15(21)9-6-11-4-2-1-3-5-11/h1-10H/b9-6+. The molecule has 0 spiro atoms. The van der Waals surface area contributed by atoms with E-state index in [1.165, 1.54) is 12.1 Å². The van der Waals surface area contributed by atoms with E-state index in [4.69, 9.17) is 11.6 Å². The zero-order valence-corrected chi connectivity index (χ0v) is 11.4. The predicted octanol–water partition coefficient (Wildman–Crippen LogP) is 5.25. The Hall–Kier alpha value is -2.07. The van der Waals surface area contributed by atoms with E-state index in [1.54, 1.807) is 30.3 Å². The molecule has 0 aliphatic rings. The Kier molecular flexibility index (Phi) is 4.48. The fourth-order valence-electron chi connectivity index (χ4n) is 1.73. The van der Waals surface area contributed by atoms with Gasteiger partial charge in [0, 0.05) is 5.56 Å². The SMILES string of the molecule is O=C(/C=C/c1ccccc1)c1ccc(Cl)c(C(F)(F)F)c1. The highest BCUT2D eigenvalue weighted by atomic mass is 35.5. The van der Waals surface area contributed by atoms with Gasteiger partial charge in [-0.1, -0.05) is 48.0 Å². The molecule has 0 aliphatic heterocycles. The number of carbonyl (C=O) groups is 1. The van der Waals surface area contributed by atoms with E-state index in [0.29, 0.717) is 0 Å². The van der Waals surface area contributed by atoms with E-state index in [1.807, 2.05) is 6.07 Å². The van der Waals surface area contributed by atoms with E-state index < -0.39 is 22.5 Å². The number of ketones is 1. The summed E-state index contributed by atoms with van der Waals surface area (Å²) < 4.78 is 38.2. The molecule has 0 heterocycles. The highest BCUT2D eigenvalue weighted by Gasteiger charge is 2.33. The van der Waals surface area contributed by atoms with Crippen molar-refractivity contribution < 1.29 is 18.0 Å². The third-order valence-electron chi connectivity index (χ3n) is 2.78. The molecule has 5 heteroatoms. The molecule has 21 heavy (non-hydrogen) atoms. The monoisotopic (exact) mass is 310 g/mol. The molecule has 0 N–H and O–H groups in total. The molecule has 0 atom stereocenters. The molecule has 0 saturated carbocycles. The summed E-state index contributed by atoms with van der Waals surface area (Å²) in [5.41, 5.74) is -0.280. The van der Waals surface area contributed by atoms with Crippen molar-refractivity contribution in [3.8, 4) is 0 Å². The van der Waals surface area contributed by atoms with E-state index >= 15 is 0 Å². The van der Waals surface area contributed by atoms with Crippen LogP contribution in [-0.2, 0) is 6.18 Å². The molecule has 0 saturated heterocycles. The molecular weight excluding hydrogens is 301 g/mol. The van der Waals surface area contributed by atoms with Gasteiger partial charge in [0.15, 0.2) is 5.78 Å². The second kappa shape index (κ2) is 6.14. The first-order chi connectivity index (χ1) is 9.88. The lowest BCUT2D eigenvalue weighted by Gasteiger charge is -2.09. The Balaban J connectivity index is 2.26. The van der Waals surface area contributed by atoms with Gasteiger partial charge in [0.25, 0.3) is 0 Å². The van der Waals surface area contributed by atoms with Crippen molar-refractivity contribution in [3.05, 3.63) is 76.3 Å². The second-order valence-electron chi connectivity index (χ2n) is 4.30. The van der Waals surface area contributed by atoms with E-state index in [-0.39, 0.29) is 5.56 Å².